The molecule has 4 heterocycles. The standard InChI is InChI=1S/C21H26N6O2/c1-2-3-6-17-23-18(28-25-17)14-27-10-7-21(8-11-27)12-16(21)20-24-19(26-29-20)15-5-4-9-22-13-15/h4-5,9,13,16H,2-3,6-8,10-12,14H2,1H3/t16-/m1/s1. The van der Waals surface area contributed by atoms with Crippen LogP contribution in [-0.2, 0) is 13.0 Å². The molecule has 8 nitrogen and oxygen atoms in total. The third-order valence-electron chi connectivity index (χ3n) is 6.32. The molecule has 3 aromatic rings. The van der Waals surface area contributed by atoms with Gasteiger partial charge in [-0.1, -0.05) is 23.7 Å². The number of hydrogen-bond donors (Lipinski definition) is 0. The highest BCUT2D eigenvalue weighted by Gasteiger charge is 2.58. The molecule has 2 fully saturated rings. The van der Waals surface area contributed by atoms with E-state index in [1.807, 2.05) is 12.1 Å². The Bertz CT molecular complexity index is 945. The van der Waals surface area contributed by atoms with Crippen LogP contribution in [0.1, 0.15) is 62.6 Å². The molecule has 1 spiro atoms. The summed E-state index contributed by atoms with van der Waals surface area (Å²) < 4.78 is 11.0. The SMILES string of the molecule is CCCCc1noc(CN2CCC3(CC2)C[C@@H]3c2nc(-c3cccnc3)no2)n1. The third-order valence-corrected chi connectivity index (χ3v) is 6.32. The molecule has 0 bridgehead atoms. The van der Waals surface area contributed by atoms with Crippen LogP contribution in [0.25, 0.3) is 11.4 Å². The summed E-state index contributed by atoms with van der Waals surface area (Å²) in [4.78, 5) is 15.7. The van der Waals surface area contributed by atoms with E-state index in [4.69, 9.17) is 9.05 Å². The van der Waals surface area contributed by atoms with Gasteiger partial charge in [0.2, 0.25) is 17.6 Å². The molecule has 1 atom stereocenters. The van der Waals surface area contributed by atoms with Crippen molar-refractivity contribution in [2.45, 2.75) is 57.9 Å². The van der Waals surface area contributed by atoms with Crippen LogP contribution in [0, 0.1) is 5.41 Å². The summed E-state index contributed by atoms with van der Waals surface area (Å²) in [5, 5.41) is 8.25. The van der Waals surface area contributed by atoms with Crippen molar-refractivity contribution in [1.29, 1.82) is 0 Å². The van der Waals surface area contributed by atoms with E-state index in [2.05, 4.69) is 37.1 Å². The van der Waals surface area contributed by atoms with Gasteiger partial charge in [0, 0.05) is 30.3 Å². The fraction of sp³-hybridized carbons (Fsp3) is 0.571. The summed E-state index contributed by atoms with van der Waals surface area (Å²) in [6, 6.07) is 3.84. The number of hydrogen-bond acceptors (Lipinski definition) is 8. The van der Waals surface area contributed by atoms with Gasteiger partial charge in [-0.3, -0.25) is 9.88 Å². The number of unbranched alkanes of at least 4 members (excludes halogenated alkanes) is 1. The van der Waals surface area contributed by atoms with Gasteiger partial charge in [-0.2, -0.15) is 9.97 Å². The van der Waals surface area contributed by atoms with Gasteiger partial charge in [-0.05, 0) is 56.3 Å². The lowest BCUT2D eigenvalue weighted by atomic mass is 9.91. The lowest BCUT2D eigenvalue weighted by molar-refractivity contribution is 0.144. The largest absolute Gasteiger partial charge is 0.339 e. The Morgan fingerprint density at radius 1 is 1.17 bits per heavy atom. The zero-order chi connectivity index (χ0) is 19.7. The van der Waals surface area contributed by atoms with Gasteiger partial charge in [-0.15, -0.1) is 0 Å². The molecule has 29 heavy (non-hydrogen) atoms. The molecule has 1 saturated carbocycles. The van der Waals surface area contributed by atoms with Crippen molar-refractivity contribution in [2.24, 2.45) is 5.41 Å². The summed E-state index contributed by atoms with van der Waals surface area (Å²) in [6.45, 7) is 4.98. The van der Waals surface area contributed by atoms with Crippen molar-refractivity contribution in [1.82, 2.24) is 30.2 Å². The Balaban J connectivity index is 1.16. The molecule has 0 amide bonds. The van der Waals surface area contributed by atoms with E-state index in [0.29, 0.717) is 17.2 Å². The minimum Gasteiger partial charge on any atom is -0.339 e. The lowest BCUT2D eigenvalue weighted by Crippen LogP contribution is -2.34. The Labute approximate surface area is 169 Å². The van der Waals surface area contributed by atoms with E-state index in [-0.39, 0.29) is 0 Å². The molecule has 152 valence electrons. The fourth-order valence-electron chi connectivity index (χ4n) is 4.38. The summed E-state index contributed by atoms with van der Waals surface area (Å²) in [6.07, 6.45) is 10.1. The Hall–Kier alpha value is -2.61. The molecule has 0 N–H and O–H groups in total. The predicted molar refractivity (Wildman–Crippen MR) is 105 cm³/mol. The first-order chi connectivity index (χ1) is 14.3. The Morgan fingerprint density at radius 3 is 2.86 bits per heavy atom. The van der Waals surface area contributed by atoms with E-state index in [1.165, 1.54) is 0 Å². The van der Waals surface area contributed by atoms with Gasteiger partial charge in [0.15, 0.2) is 5.82 Å². The molecule has 0 unspecified atom stereocenters. The molecular weight excluding hydrogens is 368 g/mol. The Kier molecular flexibility index (Phi) is 4.87. The van der Waals surface area contributed by atoms with E-state index in [9.17, 15) is 0 Å². The van der Waals surface area contributed by atoms with Crippen molar-refractivity contribution in [3.05, 3.63) is 42.1 Å². The van der Waals surface area contributed by atoms with Crippen LogP contribution < -0.4 is 0 Å². The molecule has 8 heteroatoms. The first-order valence-electron chi connectivity index (χ1n) is 10.5. The van der Waals surface area contributed by atoms with Crippen molar-refractivity contribution in [3.8, 4) is 11.4 Å². The van der Waals surface area contributed by atoms with Gasteiger partial charge < -0.3 is 9.05 Å². The highest BCUT2D eigenvalue weighted by molar-refractivity contribution is 5.52. The van der Waals surface area contributed by atoms with Crippen molar-refractivity contribution >= 4 is 0 Å². The van der Waals surface area contributed by atoms with Crippen molar-refractivity contribution in [3.63, 3.8) is 0 Å². The monoisotopic (exact) mass is 394 g/mol. The number of likely N-dealkylation sites (tertiary alicyclic amines) is 1. The maximum atomic E-state index is 5.59. The minimum absolute atomic E-state index is 0.316. The lowest BCUT2D eigenvalue weighted by Gasteiger charge is -2.31. The van der Waals surface area contributed by atoms with Crippen LogP contribution in [0.4, 0.5) is 0 Å². The van der Waals surface area contributed by atoms with Crippen LogP contribution in [0.5, 0.6) is 0 Å². The summed E-state index contributed by atoms with van der Waals surface area (Å²) in [5.74, 6) is 3.35. The smallest absolute Gasteiger partial charge is 0.240 e. The van der Waals surface area contributed by atoms with E-state index < -0.39 is 0 Å². The quantitative estimate of drug-likeness (QED) is 0.600. The molecule has 5 rings (SSSR count). The number of aryl methyl sites for hydroxylation is 1. The Morgan fingerprint density at radius 2 is 2.07 bits per heavy atom. The maximum Gasteiger partial charge on any atom is 0.240 e. The zero-order valence-corrected chi connectivity index (χ0v) is 16.8. The highest BCUT2D eigenvalue weighted by Crippen LogP contribution is 2.64. The van der Waals surface area contributed by atoms with E-state index >= 15 is 0 Å². The second kappa shape index (κ2) is 7.67. The molecule has 0 radical (unpaired) electrons. The van der Waals surface area contributed by atoms with Crippen LogP contribution >= 0.6 is 0 Å². The summed E-state index contributed by atoms with van der Waals surface area (Å²) >= 11 is 0. The average Bonchev–Trinajstić information content (AvgIpc) is 3.12. The second-order valence-corrected chi connectivity index (χ2v) is 8.30. The van der Waals surface area contributed by atoms with Gasteiger partial charge >= 0.3 is 0 Å². The number of nitrogens with zero attached hydrogens (tertiary/aromatic N) is 6. The molecular formula is C21H26N6O2. The van der Waals surface area contributed by atoms with E-state index in [0.717, 1.165) is 81.3 Å². The van der Waals surface area contributed by atoms with Gasteiger partial charge in [0.1, 0.15) is 0 Å². The molecule has 1 aliphatic heterocycles. The van der Waals surface area contributed by atoms with Crippen LogP contribution in [0.15, 0.2) is 33.6 Å². The van der Waals surface area contributed by atoms with Crippen molar-refractivity contribution in [2.75, 3.05) is 13.1 Å². The molecule has 3 aromatic heterocycles. The van der Waals surface area contributed by atoms with Crippen molar-refractivity contribution < 1.29 is 9.05 Å². The number of rotatable bonds is 7. The predicted octanol–water partition coefficient (Wildman–Crippen LogP) is 3.63. The minimum atomic E-state index is 0.316. The maximum absolute atomic E-state index is 5.59. The first-order valence-corrected chi connectivity index (χ1v) is 10.5. The molecule has 0 aromatic carbocycles. The van der Waals surface area contributed by atoms with Gasteiger partial charge in [0.05, 0.1) is 6.54 Å². The van der Waals surface area contributed by atoms with E-state index in [1.54, 1.807) is 12.4 Å². The molecule has 2 aliphatic rings. The summed E-state index contributed by atoms with van der Waals surface area (Å²) in [7, 11) is 0. The summed E-state index contributed by atoms with van der Waals surface area (Å²) in [5.41, 5.74) is 1.21. The van der Waals surface area contributed by atoms with Crippen LogP contribution in [0.3, 0.4) is 0 Å². The van der Waals surface area contributed by atoms with Gasteiger partial charge in [0.25, 0.3) is 0 Å². The number of pyridine rings is 1. The molecule has 1 aliphatic carbocycles. The molecule has 1 saturated heterocycles. The first kappa shape index (κ1) is 18.4. The normalized spacial score (nSPS) is 20.9. The van der Waals surface area contributed by atoms with Crippen LogP contribution in [-0.4, -0.2) is 43.3 Å². The third kappa shape index (κ3) is 3.81. The fourth-order valence-corrected chi connectivity index (χ4v) is 4.38. The number of piperidine rings is 1. The topological polar surface area (TPSA) is 94.0 Å². The highest BCUT2D eigenvalue weighted by atomic mass is 16.5. The average molecular weight is 394 g/mol. The zero-order valence-electron chi connectivity index (χ0n) is 16.8. The second-order valence-electron chi connectivity index (χ2n) is 8.30. The van der Waals surface area contributed by atoms with Crippen LogP contribution in [0.2, 0.25) is 0 Å². The number of aromatic nitrogens is 5. The van der Waals surface area contributed by atoms with Gasteiger partial charge in [-0.25, -0.2) is 0 Å².